The first-order valence-electron chi connectivity index (χ1n) is 13.4. The van der Waals surface area contributed by atoms with E-state index in [0.29, 0.717) is 22.9 Å². The van der Waals surface area contributed by atoms with Crippen LogP contribution in [0.5, 0.6) is 17.4 Å². The smallest absolute Gasteiger partial charge is 0.420 e. The van der Waals surface area contributed by atoms with Gasteiger partial charge in [0.1, 0.15) is 11.6 Å². The Labute approximate surface area is 258 Å². The Morgan fingerprint density at radius 2 is 1.40 bits per heavy atom. The van der Waals surface area contributed by atoms with E-state index < -0.39 is 0 Å². The molecule has 4 aromatic carbocycles. The molecule has 6 nitrogen and oxygen atoms in total. The Balaban J connectivity index is 0.00000288. The van der Waals surface area contributed by atoms with Crippen LogP contribution in [0.15, 0.2) is 128 Å². The molecule has 0 aliphatic carbocycles. The van der Waals surface area contributed by atoms with Gasteiger partial charge in [0, 0.05) is 55.9 Å². The van der Waals surface area contributed by atoms with Crippen LogP contribution >= 0.6 is 0 Å². The van der Waals surface area contributed by atoms with E-state index in [0.717, 1.165) is 22.9 Å². The van der Waals surface area contributed by atoms with Crippen molar-refractivity contribution in [3.63, 3.8) is 0 Å². The van der Waals surface area contributed by atoms with Crippen LogP contribution < -0.4 is 19.8 Å². The Hall–Kier alpha value is -4.87. The SMILES string of the molecule is Oc1ccccc1-c1cccc(Oc2[c-]c(N3B4c5ccccc5-c5ccccc5N4c4cccnc43)ccc2)n1.[Pt]. The molecule has 0 radical (unpaired) electrons. The molecule has 0 spiro atoms. The van der Waals surface area contributed by atoms with Gasteiger partial charge < -0.3 is 19.5 Å². The zero-order chi connectivity index (χ0) is 27.3. The average molecular weight is 724 g/mol. The fourth-order valence-corrected chi connectivity index (χ4v) is 5.85. The molecule has 2 aliphatic rings. The summed E-state index contributed by atoms with van der Waals surface area (Å²) in [6.45, 7) is -0.139. The second kappa shape index (κ2) is 10.5. The molecule has 8 rings (SSSR count). The number of rotatable bonds is 4. The zero-order valence-corrected chi connectivity index (χ0v) is 24.4. The number of ether oxygens (including phenoxy) is 1. The monoisotopic (exact) mass is 724 g/mol. The maximum Gasteiger partial charge on any atom is 0.420 e. The number of aromatic nitrogens is 2. The Bertz CT molecular complexity index is 1950. The van der Waals surface area contributed by atoms with E-state index in [1.165, 1.54) is 16.6 Å². The summed E-state index contributed by atoms with van der Waals surface area (Å²) >= 11 is 0. The normalized spacial score (nSPS) is 12.5. The van der Waals surface area contributed by atoms with Gasteiger partial charge in [-0.1, -0.05) is 66.4 Å². The van der Waals surface area contributed by atoms with Crippen LogP contribution in [0, 0.1) is 6.07 Å². The second-order valence-electron chi connectivity index (χ2n) is 9.94. The number of fused-ring (bicyclic) bond motifs is 8. The van der Waals surface area contributed by atoms with Gasteiger partial charge in [-0.05, 0) is 47.4 Å². The fraction of sp³-hybridized carbons (Fsp3) is 0. The van der Waals surface area contributed by atoms with Crippen LogP contribution in [0.3, 0.4) is 0 Å². The van der Waals surface area contributed by atoms with Gasteiger partial charge in [-0.2, -0.15) is 6.07 Å². The third-order valence-electron chi connectivity index (χ3n) is 7.57. The summed E-state index contributed by atoms with van der Waals surface area (Å²) < 4.78 is 6.22. The van der Waals surface area contributed by atoms with Crippen molar-refractivity contribution in [1.82, 2.24) is 9.97 Å². The van der Waals surface area contributed by atoms with Gasteiger partial charge in [-0.3, -0.25) is 0 Å². The van der Waals surface area contributed by atoms with Crippen LogP contribution in [0.2, 0.25) is 0 Å². The Morgan fingerprint density at radius 1 is 0.667 bits per heavy atom. The average Bonchev–Trinajstić information content (AvgIpc) is 3.38. The number of para-hydroxylation sites is 2. The summed E-state index contributed by atoms with van der Waals surface area (Å²) in [7, 11) is 0. The molecule has 6 aromatic rings. The van der Waals surface area contributed by atoms with E-state index in [-0.39, 0.29) is 33.8 Å². The van der Waals surface area contributed by atoms with Crippen molar-refractivity contribution >= 4 is 35.3 Å². The predicted molar refractivity (Wildman–Crippen MR) is 162 cm³/mol. The van der Waals surface area contributed by atoms with Crippen LogP contribution in [0.25, 0.3) is 22.4 Å². The van der Waals surface area contributed by atoms with Gasteiger partial charge in [0.2, 0.25) is 5.88 Å². The van der Waals surface area contributed by atoms with Crippen molar-refractivity contribution < 1.29 is 30.9 Å². The maximum absolute atomic E-state index is 10.3. The first-order valence-corrected chi connectivity index (χ1v) is 13.4. The van der Waals surface area contributed by atoms with Gasteiger partial charge >= 0.3 is 6.98 Å². The number of hydrogen-bond donors (Lipinski definition) is 1. The van der Waals surface area contributed by atoms with E-state index in [9.17, 15) is 5.11 Å². The van der Waals surface area contributed by atoms with Crippen molar-refractivity contribution in [3.05, 3.63) is 134 Å². The molecule has 1 N–H and O–H groups in total. The van der Waals surface area contributed by atoms with Crippen molar-refractivity contribution in [2.24, 2.45) is 0 Å². The van der Waals surface area contributed by atoms with Crippen LogP contribution in [-0.4, -0.2) is 22.1 Å². The quantitative estimate of drug-likeness (QED) is 0.155. The van der Waals surface area contributed by atoms with Gasteiger partial charge in [0.25, 0.3) is 0 Å². The predicted octanol–water partition coefficient (Wildman–Crippen LogP) is 7.10. The van der Waals surface area contributed by atoms with E-state index in [1.807, 2.05) is 54.7 Å². The standard InChI is InChI=1S/C34H22BN4O2.Pt/c40-32-19-6-3-14-27(32)29-16-8-20-33(37-29)41-24-11-7-10-23(22-24)38-34-31(18-9-21-36-34)39-30-17-5-2-13-26(30)25-12-1-4-15-28(25)35(38)39;/h1-21,40H;/q-1;. The number of phenolic OH excluding ortho intramolecular Hbond substituents is 1. The van der Waals surface area contributed by atoms with E-state index in [2.05, 4.69) is 75.3 Å². The van der Waals surface area contributed by atoms with Crippen LogP contribution in [0.4, 0.5) is 22.9 Å². The van der Waals surface area contributed by atoms with Gasteiger partial charge in [0.15, 0.2) is 0 Å². The number of aromatic hydroxyl groups is 1. The van der Waals surface area contributed by atoms with E-state index in [4.69, 9.17) is 9.72 Å². The molecular weight excluding hydrogens is 702 g/mol. The van der Waals surface area contributed by atoms with Gasteiger partial charge in [-0.15, -0.1) is 18.2 Å². The topological polar surface area (TPSA) is 61.7 Å². The molecular formula is C34H22BN4O2Pt-. The molecule has 0 unspecified atom stereocenters. The second-order valence-corrected chi connectivity index (χ2v) is 9.94. The minimum atomic E-state index is -0.139. The largest absolute Gasteiger partial charge is 0.507 e. The summed E-state index contributed by atoms with van der Waals surface area (Å²) in [6, 6.07) is 43.2. The molecule has 2 aliphatic heterocycles. The molecule has 2 aromatic heterocycles. The number of anilines is 4. The third kappa shape index (κ3) is 4.17. The summed E-state index contributed by atoms with van der Waals surface area (Å²) in [5, 5.41) is 10.3. The summed E-state index contributed by atoms with van der Waals surface area (Å²) in [6.07, 6.45) is 1.83. The Kier molecular flexibility index (Phi) is 6.52. The van der Waals surface area contributed by atoms with E-state index >= 15 is 0 Å². The maximum atomic E-state index is 10.3. The summed E-state index contributed by atoms with van der Waals surface area (Å²) in [5.74, 6) is 1.98. The molecule has 0 amide bonds. The van der Waals surface area contributed by atoms with Crippen molar-refractivity contribution in [1.29, 1.82) is 0 Å². The first-order chi connectivity index (χ1) is 20.3. The number of phenols is 1. The molecule has 4 heterocycles. The molecule has 42 heavy (non-hydrogen) atoms. The molecule has 0 bridgehead atoms. The van der Waals surface area contributed by atoms with Crippen molar-refractivity contribution in [2.75, 3.05) is 9.62 Å². The summed E-state index contributed by atoms with van der Waals surface area (Å²) in [4.78, 5) is 14.1. The number of hydrogen-bond acceptors (Lipinski definition) is 6. The molecule has 0 atom stereocenters. The minimum absolute atomic E-state index is 0. The molecule has 0 saturated heterocycles. The first kappa shape index (κ1) is 26.1. The summed E-state index contributed by atoms with van der Waals surface area (Å²) in [5.41, 5.74) is 7.89. The minimum Gasteiger partial charge on any atom is -0.507 e. The molecule has 204 valence electrons. The molecule has 0 saturated carbocycles. The van der Waals surface area contributed by atoms with Gasteiger partial charge in [0.05, 0.1) is 11.4 Å². The van der Waals surface area contributed by atoms with Crippen LogP contribution in [0.1, 0.15) is 0 Å². The van der Waals surface area contributed by atoms with Crippen LogP contribution in [-0.2, 0) is 21.1 Å². The number of nitrogens with zero attached hydrogens (tertiary/aromatic N) is 4. The molecule has 8 heteroatoms. The van der Waals surface area contributed by atoms with E-state index in [1.54, 1.807) is 18.2 Å². The third-order valence-corrected chi connectivity index (χ3v) is 7.57. The number of pyridine rings is 2. The zero-order valence-electron chi connectivity index (χ0n) is 22.2. The van der Waals surface area contributed by atoms with Crippen molar-refractivity contribution in [3.8, 4) is 39.8 Å². The fourth-order valence-electron chi connectivity index (χ4n) is 5.85. The molecule has 0 fully saturated rings. The van der Waals surface area contributed by atoms with Gasteiger partial charge in [-0.25, -0.2) is 9.97 Å². The number of benzene rings is 4. The van der Waals surface area contributed by atoms with Crippen molar-refractivity contribution in [2.45, 2.75) is 0 Å². The Morgan fingerprint density at radius 3 is 2.29 bits per heavy atom.